The van der Waals surface area contributed by atoms with E-state index >= 15 is 0 Å². The summed E-state index contributed by atoms with van der Waals surface area (Å²) in [5, 5.41) is 9.10. The van der Waals surface area contributed by atoms with Crippen molar-refractivity contribution >= 4 is 17.5 Å². The van der Waals surface area contributed by atoms with Crippen molar-refractivity contribution in [2.24, 2.45) is 0 Å². The molecule has 2 heterocycles. The van der Waals surface area contributed by atoms with Gasteiger partial charge in [0.1, 0.15) is 0 Å². The molecule has 98 valence electrons. The lowest BCUT2D eigenvalue weighted by Gasteiger charge is -2.30. The van der Waals surface area contributed by atoms with Crippen LogP contribution in [0.1, 0.15) is 43.5 Å². The number of aromatic nitrogens is 1. The zero-order valence-corrected chi connectivity index (χ0v) is 10.8. The average molecular weight is 249 g/mol. The molecular weight excluding hydrogens is 230 g/mol. The van der Waals surface area contributed by atoms with Crippen LogP contribution < -0.4 is 10.6 Å². The van der Waals surface area contributed by atoms with Gasteiger partial charge in [0.25, 0.3) is 0 Å². The number of nitrogen functional groups attached to an aromatic ring is 1. The van der Waals surface area contributed by atoms with Gasteiger partial charge in [-0.3, -0.25) is 0 Å². The van der Waals surface area contributed by atoms with E-state index < -0.39 is 5.97 Å². The van der Waals surface area contributed by atoms with Crippen LogP contribution in [0.15, 0.2) is 12.3 Å². The molecule has 3 N–H and O–H groups in total. The number of carbonyl (C=O) groups is 1. The molecule has 1 aliphatic rings. The number of nitrogens with zero attached hydrogens (tertiary/aromatic N) is 2. The van der Waals surface area contributed by atoms with Crippen LogP contribution >= 0.6 is 0 Å². The Bertz CT molecular complexity index is 462. The van der Waals surface area contributed by atoms with Gasteiger partial charge in [0, 0.05) is 18.3 Å². The van der Waals surface area contributed by atoms with Crippen LogP contribution in [0.4, 0.5) is 11.5 Å². The third-order valence-electron chi connectivity index (χ3n) is 3.70. The van der Waals surface area contributed by atoms with Gasteiger partial charge in [0.05, 0.1) is 11.3 Å². The molecule has 1 aromatic rings. The molecule has 0 radical (unpaired) electrons. The van der Waals surface area contributed by atoms with Crippen LogP contribution in [-0.4, -0.2) is 28.1 Å². The number of aromatic carboxylic acids is 1. The Morgan fingerprint density at radius 2 is 2.33 bits per heavy atom. The number of pyridine rings is 1. The van der Waals surface area contributed by atoms with Crippen molar-refractivity contribution in [3.05, 3.63) is 17.8 Å². The quantitative estimate of drug-likeness (QED) is 0.857. The summed E-state index contributed by atoms with van der Waals surface area (Å²) in [6.45, 7) is 4.26. The van der Waals surface area contributed by atoms with Gasteiger partial charge >= 0.3 is 5.97 Å². The molecule has 0 aromatic carbocycles. The monoisotopic (exact) mass is 249 g/mol. The van der Waals surface area contributed by atoms with Gasteiger partial charge in [-0.25, -0.2) is 9.78 Å². The number of hydrogen-bond acceptors (Lipinski definition) is 4. The number of rotatable bonds is 3. The van der Waals surface area contributed by atoms with Gasteiger partial charge in [-0.05, 0) is 32.3 Å². The van der Waals surface area contributed by atoms with E-state index in [-0.39, 0.29) is 11.3 Å². The van der Waals surface area contributed by atoms with Crippen molar-refractivity contribution in [2.45, 2.75) is 45.2 Å². The second-order valence-electron chi connectivity index (χ2n) is 4.80. The average Bonchev–Trinajstić information content (AvgIpc) is 2.70. The first-order valence-corrected chi connectivity index (χ1v) is 6.32. The van der Waals surface area contributed by atoms with E-state index in [1.807, 2.05) is 0 Å². The minimum atomic E-state index is -1.00. The van der Waals surface area contributed by atoms with Crippen molar-refractivity contribution in [1.82, 2.24) is 4.98 Å². The zero-order chi connectivity index (χ0) is 13.3. The van der Waals surface area contributed by atoms with Gasteiger partial charge in [-0.2, -0.15) is 0 Å². The Hall–Kier alpha value is -1.78. The Balaban J connectivity index is 2.44. The summed E-state index contributed by atoms with van der Waals surface area (Å²) in [5.41, 5.74) is 6.37. The number of carboxylic acids is 1. The fraction of sp³-hybridized carbons (Fsp3) is 0.538. The first kappa shape index (κ1) is 12.7. The summed E-state index contributed by atoms with van der Waals surface area (Å²) in [7, 11) is 0. The maximum atomic E-state index is 11.1. The number of carboxylic acid groups (broad SMARTS) is 1. The van der Waals surface area contributed by atoms with Crippen molar-refractivity contribution in [3.63, 3.8) is 0 Å². The molecule has 5 nitrogen and oxygen atoms in total. The van der Waals surface area contributed by atoms with E-state index in [2.05, 4.69) is 23.7 Å². The summed E-state index contributed by atoms with van der Waals surface area (Å²) >= 11 is 0. The van der Waals surface area contributed by atoms with E-state index in [0.717, 1.165) is 19.3 Å². The molecule has 0 amide bonds. The third-order valence-corrected chi connectivity index (χ3v) is 3.70. The summed E-state index contributed by atoms with van der Waals surface area (Å²) in [6, 6.07) is 2.20. The largest absolute Gasteiger partial charge is 0.478 e. The lowest BCUT2D eigenvalue weighted by molar-refractivity contribution is 0.0698. The van der Waals surface area contributed by atoms with Crippen LogP contribution in [0.25, 0.3) is 0 Å². The first-order chi connectivity index (χ1) is 8.56. The predicted molar refractivity (Wildman–Crippen MR) is 70.9 cm³/mol. The maximum Gasteiger partial charge on any atom is 0.337 e. The fourth-order valence-electron chi connectivity index (χ4n) is 2.71. The molecule has 5 heteroatoms. The fourth-order valence-corrected chi connectivity index (χ4v) is 2.71. The smallest absolute Gasteiger partial charge is 0.337 e. The minimum absolute atomic E-state index is 0.133. The van der Waals surface area contributed by atoms with E-state index in [0.29, 0.717) is 17.9 Å². The highest BCUT2D eigenvalue weighted by Gasteiger charge is 2.32. The van der Waals surface area contributed by atoms with Crippen molar-refractivity contribution in [1.29, 1.82) is 0 Å². The van der Waals surface area contributed by atoms with Crippen molar-refractivity contribution < 1.29 is 9.90 Å². The highest BCUT2D eigenvalue weighted by atomic mass is 16.4. The second kappa shape index (κ2) is 4.84. The topological polar surface area (TPSA) is 79.5 Å². The Morgan fingerprint density at radius 3 is 2.94 bits per heavy atom. The van der Waals surface area contributed by atoms with Crippen LogP contribution in [0.3, 0.4) is 0 Å². The number of nitrogens with two attached hydrogens (primary N) is 1. The predicted octanol–water partition coefficient (Wildman–Crippen LogP) is 2.13. The Morgan fingerprint density at radius 1 is 1.61 bits per heavy atom. The minimum Gasteiger partial charge on any atom is -0.478 e. The molecule has 0 bridgehead atoms. The lowest BCUT2D eigenvalue weighted by Crippen LogP contribution is -2.35. The SMILES string of the molecule is CCC1CCC(C)N1c1nccc(C(=O)O)c1N. The van der Waals surface area contributed by atoms with Gasteiger partial charge in [-0.15, -0.1) is 0 Å². The van der Waals surface area contributed by atoms with Crippen molar-refractivity contribution in [2.75, 3.05) is 10.6 Å². The van der Waals surface area contributed by atoms with Crippen LogP contribution in [0.2, 0.25) is 0 Å². The molecule has 1 aliphatic heterocycles. The zero-order valence-electron chi connectivity index (χ0n) is 10.8. The van der Waals surface area contributed by atoms with Gasteiger partial charge in [0.15, 0.2) is 5.82 Å². The number of hydrogen-bond donors (Lipinski definition) is 2. The normalized spacial score (nSPS) is 23.3. The molecule has 2 atom stereocenters. The molecule has 0 saturated carbocycles. The maximum absolute atomic E-state index is 11.1. The standard InChI is InChI=1S/C13H19N3O2/c1-3-9-5-4-8(2)16(9)12-11(14)10(13(17)18)6-7-15-12/h6-9H,3-5,14H2,1-2H3,(H,17,18). The molecule has 2 rings (SSSR count). The summed E-state index contributed by atoms with van der Waals surface area (Å²) < 4.78 is 0. The van der Waals surface area contributed by atoms with Crippen LogP contribution in [0, 0.1) is 0 Å². The highest BCUT2D eigenvalue weighted by molar-refractivity contribution is 5.96. The van der Waals surface area contributed by atoms with Crippen molar-refractivity contribution in [3.8, 4) is 0 Å². The molecule has 1 aromatic heterocycles. The van der Waals surface area contributed by atoms with Crippen LogP contribution in [0.5, 0.6) is 0 Å². The van der Waals surface area contributed by atoms with E-state index in [9.17, 15) is 4.79 Å². The molecular formula is C13H19N3O2. The van der Waals surface area contributed by atoms with E-state index in [1.165, 1.54) is 12.3 Å². The molecule has 0 spiro atoms. The second-order valence-corrected chi connectivity index (χ2v) is 4.80. The lowest BCUT2D eigenvalue weighted by atomic mass is 10.1. The molecule has 2 unspecified atom stereocenters. The highest BCUT2D eigenvalue weighted by Crippen LogP contribution is 2.35. The summed E-state index contributed by atoms with van der Waals surface area (Å²) in [5.74, 6) is -0.386. The molecule has 1 saturated heterocycles. The summed E-state index contributed by atoms with van der Waals surface area (Å²) in [4.78, 5) is 17.6. The molecule has 0 aliphatic carbocycles. The summed E-state index contributed by atoms with van der Waals surface area (Å²) in [6.07, 6.45) is 4.74. The Kier molecular flexibility index (Phi) is 3.41. The van der Waals surface area contributed by atoms with Crippen LogP contribution in [-0.2, 0) is 0 Å². The molecule has 1 fully saturated rings. The van der Waals surface area contributed by atoms with Gasteiger partial charge in [0.2, 0.25) is 0 Å². The van der Waals surface area contributed by atoms with E-state index in [4.69, 9.17) is 10.8 Å². The molecule has 18 heavy (non-hydrogen) atoms. The number of anilines is 2. The van der Waals surface area contributed by atoms with Gasteiger partial charge in [-0.1, -0.05) is 6.92 Å². The van der Waals surface area contributed by atoms with E-state index in [1.54, 1.807) is 0 Å². The van der Waals surface area contributed by atoms with Gasteiger partial charge < -0.3 is 15.7 Å². The first-order valence-electron chi connectivity index (χ1n) is 6.32. The third kappa shape index (κ3) is 2.00. The Labute approximate surface area is 107 Å².